The van der Waals surface area contributed by atoms with E-state index in [2.05, 4.69) is 9.78 Å². The highest BCUT2D eigenvalue weighted by atomic mass is 17.2. The van der Waals surface area contributed by atoms with Gasteiger partial charge < -0.3 is 4.90 Å². The molecule has 20 heavy (non-hydrogen) atoms. The fourth-order valence-electron chi connectivity index (χ4n) is 2.14. The van der Waals surface area contributed by atoms with E-state index in [1.165, 1.54) is 12.0 Å². The molecule has 1 saturated heterocycles. The largest absolute Gasteiger partial charge is 0.364 e. The fraction of sp³-hybridized carbons (Fsp3) is 0.786. The van der Waals surface area contributed by atoms with Crippen molar-refractivity contribution in [2.45, 2.75) is 52.5 Å². The second-order valence-corrected chi connectivity index (χ2v) is 5.65. The molecule has 0 bridgehead atoms. The molecule has 0 unspecified atom stereocenters. The lowest BCUT2D eigenvalue weighted by Gasteiger charge is -2.34. The normalized spacial score (nSPS) is 19.6. The second-order valence-electron chi connectivity index (χ2n) is 5.65. The van der Waals surface area contributed by atoms with Crippen LogP contribution in [0.2, 0.25) is 0 Å². The molecule has 0 N–H and O–H groups in total. The highest BCUT2D eigenvalue weighted by molar-refractivity contribution is 6.38. The number of amides is 1. The van der Waals surface area contributed by atoms with Crippen LogP contribution in [-0.4, -0.2) is 42.3 Å². The van der Waals surface area contributed by atoms with E-state index in [1.807, 2.05) is 6.92 Å². The molecule has 1 rings (SSSR count). The van der Waals surface area contributed by atoms with Crippen molar-refractivity contribution in [2.75, 3.05) is 13.7 Å². The van der Waals surface area contributed by atoms with E-state index in [4.69, 9.17) is 0 Å². The van der Waals surface area contributed by atoms with Crippen LogP contribution in [0.4, 0.5) is 0 Å². The number of carbonyl (C=O) groups is 3. The van der Waals surface area contributed by atoms with Gasteiger partial charge in [-0.3, -0.25) is 14.5 Å². The molecular weight excluding hydrogens is 262 g/mol. The average Bonchev–Trinajstić information content (AvgIpc) is 2.45. The Balaban J connectivity index is 2.87. The SMILES string of the molecule is CCC(C)(C)C(=O)C(=O)N1CCCC[C@H]1C(=O)OOC. The van der Waals surface area contributed by atoms with E-state index in [-0.39, 0.29) is 0 Å². The van der Waals surface area contributed by atoms with Gasteiger partial charge in [-0.1, -0.05) is 20.8 Å². The summed E-state index contributed by atoms with van der Waals surface area (Å²) in [6.45, 7) is 5.73. The molecule has 1 amide bonds. The number of likely N-dealkylation sites (tertiary alicyclic amines) is 1. The predicted molar refractivity (Wildman–Crippen MR) is 71.5 cm³/mol. The van der Waals surface area contributed by atoms with Crippen molar-refractivity contribution in [3.8, 4) is 0 Å². The van der Waals surface area contributed by atoms with Gasteiger partial charge in [0.1, 0.15) is 6.04 Å². The molecule has 6 nitrogen and oxygen atoms in total. The van der Waals surface area contributed by atoms with Crippen molar-refractivity contribution in [3.63, 3.8) is 0 Å². The minimum atomic E-state index is -0.729. The molecule has 6 heteroatoms. The van der Waals surface area contributed by atoms with Gasteiger partial charge in [0.25, 0.3) is 5.91 Å². The molecule has 0 aromatic carbocycles. The monoisotopic (exact) mass is 285 g/mol. The number of hydrogen-bond acceptors (Lipinski definition) is 5. The number of carbonyl (C=O) groups excluding carboxylic acids is 3. The van der Waals surface area contributed by atoms with Crippen LogP contribution in [0, 0.1) is 5.41 Å². The Hall–Kier alpha value is -1.43. The molecule has 1 aliphatic heterocycles. The van der Waals surface area contributed by atoms with Gasteiger partial charge in [-0.15, -0.1) is 0 Å². The van der Waals surface area contributed by atoms with Crippen LogP contribution in [0.1, 0.15) is 46.5 Å². The number of piperidine rings is 1. The van der Waals surface area contributed by atoms with Gasteiger partial charge in [0.05, 0.1) is 7.11 Å². The van der Waals surface area contributed by atoms with Crippen molar-refractivity contribution in [1.29, 1.82) is 0 Å². The number of hydrogen-bond donors (Lipinski definition) is 0. The summed E-state index contributed by atoms with van der Waals surface area (Å²) < 4.78 is 0. The zero-order valence-electron chi connectivity index (χ0n) is 12.6. The first kappa shape index (κ1) is 16.6. The molecule has 114 valence electrons. The van der Waals surface area contributed by atoms with Crippen LogP contribution >= 0.6 is 0 Å². The third kappa shape index (κ3) is 3.56. The summed E-state index contributed by atoms with van der Waals surface area (Å²) in [5, 5.41) is 0. The average molecular weight is 285 g/mol. The quantitative estimate of drug-likeness (QED) is 0.434. The number of Topliss-reactive ketones (excluding diaryl/α,β-unsaturated/α-hetero) is 1. The van der Waals surface area contributed by atoms with Gasteiger partial charge in [0.2, 0.25) is 5.78 Å². The molecule has 0 aromatic rings. The molecule has 0 saturated carbocycles. The summed E-state index contributed by atoms with van der Waals surface area (Å²) in [5.41, 5.74) is -0.718. The highest BCUT2D eigenvalue weighted by Gasteiger charge is 2.40. The van der Waals surface area contributed by atoms with Crippen LogP contribution < -0.4 is 0 Å². The third-order valence-electron chi connectivity index (χ3n) is 3.89. The summed E-state index contributed by atoms with van der Waals surface area (Å²) in [6.07, 6.45) is 2.66. The summed E-state index contributed by atoms with van der Waals surface area (Å²) in [5.74, 6) is -1.69. The van der Waals surface area contributed by atoms with Gasteiger partial charge in [0, 0.05) is 12.0 Å². The van der Waals surface area contributed by atoms with Crippen molar-refractivity contribution < 1.29 is 24.2 Å². The molecular formula is C14H23NO5. The molecule has 1 heterocycles. The van der Waals surface area contributed by atoms with E-state index in [0.29, 0.717) is 19.4 Å². The Kier molecular flexibility index (Phi) is 5.68. The molecule has 1 atom stereocenters. The molecule has 0 aliphatic carbocycles. The van der Waals surface area contributed by atoms with Crippen molar-refractivity contribution in [3.05, 3.63) is 0 Å². The lowest BCUT2D eigenvalue weighted by atomic mass is 9.84. The van der Waals surface area contributed by atoms with Crippen molar-refractivity contribution >= 4 is 17.7 Å². The molecule has 0 aromatic heterocycles. The first-order chi connectivity index (χ1) is 9.35. The first-order valence-electron chi connectivity index (χ1n) is 6.95. The van der Waals surface area contributed by atoms with Gasteiger partial charge in [-0.2, -0.15) is 4.89 Å². The Morgan fingerprint density at radius 2 is 1.90 bits per heavy atom. The molecule has 0 radical (unpaired) electrons. The number of rotatable bonds is 5. The first-order valence-corrected chi connectivity index (χ1v) is 6.95. The van der Waals surface area contributed by atoms with Crippen LogP contribution in [0.15, 0.2) is 0 Å². The third-order valence-corrected chi connectivity index (χ3v) is 3.89. The number of ketones is 1. The van der Waals surface area contributed by atoms with E-state index in [0.717, 1.165) is 12.8 Å². The topological polar surface area (TPSA) is 72.9 Å². The van der Waals surface area contributed by atoms with Crippen LogP contribution in [-0.2, 0) is 24.2 Å². The molecule has 1 fully saturated rings. The Morgan fingerprint density at radius 3 is 2.45 bits per heavy atom. The summed E-state index contributed by atoms with van der Waals surface area (Å²) in [7, 11) is 1.23. The van der Waals surface area contributed by atoms with Gasteiger partial charge in [-0.05, 0) is 25.7 Å². The minimum absolute atomic E-state index is 0.397. The lowest BCUT2D eigenvalue weighted by Crippen LogP contribution is -2.53. The summed E-state index contributed by atoms with van der Waals surface area (Å²) >= 11 is 0. The Bertz CT molecular complexity index is 391. The zero-order chi connectivity index (χ0) is 15.3. The maximum absolute atomic E-state index is 12.4. The summed E-state index contributed by atoms with van der Waals surface area (Å²) in [4.78, 5) is 46.6. The zero-order valence-corrected chi connectivity index (χ0v) is 12.6. The second kappa shape index (κ2) is 6.83. The lowest BCUT2D eigenvalue weighted by molar-refractivity contribution is -0.260. The van der Waals surface area contributed by atoms with Gasteiger partial charge in [-0.25, -0.2) is 4.79 Å². The van der Waals surface area contributed by atoms with E-state index < -0.39 is 29.1 Å². The van der Waals surface area contributed by atoms with E-state index in [1.54, 1.807) is 13.8 Å². The Morgan fingerprint density at radius 1 is 1.25 bits per heavy atom. The van der Waals surface area contributed by atoms with Gasteiger partial charge >= 0.3 is 5.97 Å². The molecule has 1 aliphatic rings. The molecule has 0 spiro atoms. The standard InChI is InChI=1S/C14H23NO5/c1-5-14(2,3)11(16)12(17)15-9-7-6-8-10(15)13(18)20-19-4/h10H,5-9H2,1-4H3/t10-/m0/s1. The highest BCUT2D eigenvalue weighted by Crippen LogP contribution is 2.25. The maximum atomic E-state index is 12.4. The maximum Gasteiger partial charge on any atom is 0.364 e. The van der Waals surface area contributed by atoms with E-state index in [9.17, 15) is 14.4 Å². The van der Waals surface area contributed by atoms with Crippen LogP contribution in [0.3, 0.4) is 0 Å². The Labute approximate surface area is 119 Å². The van der Waals surface area contributed by atoms with Crippen LogP contribution in [0.5, 0.6) is 0 Å². The van der Waals surface area contributed by atoms with Crippen molar-refractivity contribution in [2.24, 2.45) is 5.41 Å². The van der Waals surface area contributed by atoms with Crippen LogP contribution in [0.25, 0.3) is 0 Å². The smallest absolute Gasteiger partial charge is 0.322 e. The number of nitrogens with zero attached hydrogens (tertiary/aromatic N) is 1. The predicted octanol–water partition coefficient (Wildman–Crippen LogP) is 1.48. The minimum Gasteiger partial charge on any atom is -0.322 e. The van der Waals surface area contributed by atoms with Crippen molar-refractivity contribution in [1.82, 2.24) is 4.90 Å². The van der Waals surface area contributed by atoms with Gasteiger partial charge in [0.15, 0.2) is 0 Å². The fourth-order valence-corrected chi connectivity index (χ4v) is 2.14. The van der Waals surface area contributed by atoms with E-state index >= 15 is 0 Å². The summed E-state index contributed by atoms with van der Waals surface area (Å²) in [6, 6.07) is -0.729.